The Labute approximate surface area is 181 Å². The van der Waals surface area contributed by atoms with Crippen molar-refractivity contribution in [2.45, 2.75) is 12.0 Å². The molecule has 4 heteroatoms. The van der Waals surface area contributed by atoms with Gasteiger partial charge in [-0.2, -0.15) is 0 Å². The van der Waals surface area contributed by atoms with Crippen molar-refractivity contribution in [3.63, 3.8) is 0 Å². The third-order valence-electron chi connectivity index (χ3n) is 5.63. The second kappa shape index (κ2) is 8.36. The molecule has 0 saturated heterocycles. The van der Waals surface area contributed by atoms with Crippen molar-refractivity contribution in [2.24, 2.45) is 0 Å². The monoisotopic (exact) mass is 402 g/mol. The molecule has 0 fully saturated rings. The van der Waals surface area contributed by atoms with E-state index in [1.165, 1.54) is 5.56 Å². The SMILES string of the molecule is c1ccc(Cc2nnnn2C(c2ccccc2)(c2ccccc2)c2ccccc2)cc1. The lowest BCUT2D eigenvalue weighted by atomic mass is 9.77. The van der Waals surface area contributed by atoms with Crippen molar-refractivity contribution in [3.05, 3.63) is 149 Å². The third-order valence-corrected chi connectivity index (χ3v) is 5.63. The highest BCUT2D eigenvalue weighted by atomic mass is 15.6. The highest BCUT2D eigenvalue weighted by Crippen LogP contribution is 2.40. The van der Waals surface area contributed by atoms with Crippen LogP contribution in [0.2, 0.25) is 0 Å². The zero-order chi connectivity index (χ0) is 20.9. The lowest BCUT2D eigenvalue weighted by Gasteiger charge is -2.36. The van der Waals surface area contributed by atoms with Gasteiger partial charge in [0.2, 0.25) is 0 Å². The fourth-order valence-electron chi connectivity index (χ4n) is 4.26. The largest absolute Gasteiger partial charge is 0.210 e. The van der Waals surface area contributed by atoms with Crippen LogP contribution in [0.1, 0.15) is 28.1 Å². The van der Waals surface area contributed by atoms with Crippen molar-refractivity contribution < 1.29 is 0 Å². The molecule has 0 aliphatic heterocycles. The molecule has 150 valence electrons. The number of aromatic nitrogens is 4. The number of nitrogens with zero attached hydrogens (tertiary/aromatic N) is 4. The van der Waals surface area contributed by atoms with Gasteiger partial charge in [-0.15, -0.1) is 5.10 Å². The van der Waals surface area contributed by atoms with Gasteiger partial charge >= 0.3 is 0 Å². The highest BCUT2D eigenvalue weighted by Gasteiger charge is 2.41. The molecule has 0 bridgehead atoms. The van der Waals surface area contributed by atoms with Crippen LogP contribution in [0.4, 0.5) is 0 Å². The molecule has 1 aromatic heterocycles. The zero-order valence-corrected chi connectivity index (χ0v) is 17.0. The van der Waals surface area contributed by atoms with Gasteiger partial charge in [-0.05, 0) is 32.7 Å². The Morgan fingerprint density at radius 2 is 0.968 bits per heavy atom. The Morgan fingerprint density at radius 1 is 0.548 bits per heavy atom. The van der Waals surface area contributed by atoms with Crippen molar-refractivity contribution in [1.29, 1.82) is 0 Å². The van der Waals surface area contributed by atoms with Crippen LogP contribution in [0.5, 0.6) is 0 Å². The number of hydrogen-bond donors (Lipinski definition) is 0. The summed E-state index contributed by atoms with van der Waals surface area (Å²) in [5, 5.41) is 13.1. The van der Waals surface area contributed by atoms with Crippen LogP contribution >= 0.6 is 0 Å². The van der Waals surface area contributed by atoms with Crippen LogP contribution in [0.3, 0.4) is 0 Å². The van der Waals surface area contributed by atoms with Gasteiger partial charge in [0.05, 0.1) is 0 Å². The Hall–Kier alpha value is -4.05. The van der Waals surface area contributed by atoms with E-state index in [-0.39, 0.29) is 0 Å². The van der Waals surface area contributed by atoms with E-state index in [9.17, 15) is 0 Å². The van der Waals surface area contributed by atoms with E-state index in [1.54, 1.807) is 0 Å². The summed E-state index contributed by atoms with van der Waals surface area (Å²) in [6.45, 7) is 0. The fraction of sp³-hybridized carbons (Fsp3) is 0.0741. The first-order chi connectivity index (χ1) is 15.4. The van der Waals surface area contributed by atoms with Crippen LogP contribution in [-0.4, -0.2) is 20.2 Å². The molecule has 4 aromatic carbocycles. The van der Waals surface area contributed by atoms with E-state index in [0.29, 0.717) is 6.42 Å². The maximum absolute atomic E-state index is 4.57. The molecule has 0 spiro atoms. The first-order valence-electron chi connectivity index (χ1n) is 10.4. The van der Waals surface area contributed by atoms with Crippen molar-refractivity contribution in [2.75, 3.05) is 0 Å². The second-order valence-corrected chi connectivity index (χ2v) is 7.48. The molecule has 0 aliphatic carbocycles. The van der Waals surface area contributed by atoms with Crippen LogP contribution in [-0.2, 0) is 12.0 Å². The zero-order valence-electron chi connectivity index (χ0n) is 17.0. The summed E-state index contributed by atoms with van der Waals surface area (Å²) in [5.41, 5.74) is 3.79. The van der Waals surface area contributed by atoms with E-state index in [0.717, 1.165) is 22.5 Å². The molecule has 0 aliphatic rings. The number of benzene rings is 4. The molecule has 0 amide bonds. The van der Waals surface area contributed by atoms with Crippen LogP contribution < -0.4 is 0 Å². The van der Waals surface area contributed by atoms with Gasteiger partial charge < -0.3 is 0 Å². The lowest BCUT2D eigenvalue weighted by molar-refractivity contribution is 0.433. The third kappa shape index (κ3) is 3.42. The molecule has 5 aromatic rings. The van der Waals surface area contributed by atoms with Gasteiger partial charge in [-0.25, -0.2) is 4.68 Å². The lowest BCUT2D eigenvalue weighted by Crippen LogP contribution is -2.40. The highest BCUT2D eigenvalue weighted by molar-refractivity contribution is 5.50. The molecule has 0 atom stereocenters. The maximum Gasteiger partial charge on any atom is 0.157 e. The molecule has 0 radical (unpaired) electrons. The van der Waals surface area contributed by atoms with E-state index >= 15 is 0 Å². The summed E-state index contributed by atoms with van der Waals surface area (Å²) in [7, 11) is 0. The summed E-state index contributed by atoms with van der Waals surface area (Å²) < 4.78 is 1.99. The summed E-state index contributed by atoms with van der Waals surface area (Å²) in [6.07, 6.45) is 0.641. The van der Waals surface area contributed by atoms with Crippen molar-refractivity contribution in [1.82, 2.24) is 20.2 Å². The van der Waals surface area contributed by atoms with Gasteiger partial charge in [0, 0.05) is 6.42 Å². The molecular formula is C27H22N4. The van der Waals surface area contributed by atoms with Crippen molar-refractivity contribution in [3.8, 4) is 0 Å². The molecule has 1 heterocycles. The van der Waals surface area contributed by atoms with Gasteiger partial charge in [0.15, 0.2) is 5.82 Å². The summed E-state index contributed by atoms with van der Waals surface area (Å²) in [4.78, 5) is 0. The van der Waals surface area contributed by atoms with Gasteiger partial charge in [0.1, 0.15) is 5.54 Å². The minimum absolute atomic E-state index is 0.641. The first-order valence-corrected chi connectivity index (χ1v) is 10.4. The molecular weight excluding hydrogens is 380 g/mol. The molecule has 0 N–H and O–H groups in total. The second-order valence-electron chi connectivity index (χ2n) is 7.48. The number of hydrogen-bond acceptors (Lipinski definition) is 3. The van der Waals surface area contributed by atoms with Gasteiger partial charge in [-0.1, -0.05) is 121 Å². The standard InChI is InChI=1S/C27H22N4/c1-5-13-22(14-6-1)21-26-28-29-30-31(26)27(23-15-7-2-8-16-23,24-17-9-3-10-18-24)25-19-11-4-12-20-25/h1-20H,21H2. The summed E-state index contributed by atoms with van der Waals surface area (Å²) >= 11 is 0. The Kier molecular flexibility index (Phi) is 5.11. The molecule has 0 saturated carbocycles. The summed E-state index contributed by atoms with van der Waals surface area (Å²) in [6, 6.07) is 41.7. The smallest absolute Gasteiger partial charge is 0.157 e. The number of rotatable bonds is 6. The maximum atomic E-state index is 4.57. The van der Waals surface area contributed by atoms with Crippen molar-refractivity contribution >= 4 is 0 Å². The molecule has 31 heavy (non-hydrogen) atoms. The average Bonchev–Trinajstić information content (AvgIpc) is 3.31. The van der Waals surface area contributed by atoms with E-state index in [4.69, 9.17) is 0 Å². The van der Waals surface area contributed by atoms with Gasteiger partial charge in [0.25, 0.3) is 0 Å². The predicted octanol–water partition coefficient (Wildman–Crippen LogP) is 5.10. The Morgan fingerprint density at radius 3 is 1.42 bits per heavy atom. The average molecular weight is 403 g/mol. The Balaban J connectivity index is 1.81. The fourth-order valence-corrected chi connectivity index (χ4v) is 4.26. The molecule has 4 nitrogen and oxygen atoms in total. The van der Waals surface area contributed by atoms with E-state index in [1.807, 2.05) is 41.1 Å². The van der Waals surface area contributed by atoms with E-state index < -0.39 is 5.54 Å². The minimum Gasteiger partial charge on any atom is -0.210 e. The predicted molar refractivity (Wildman–Crippen MR) is 122 cm³/mol. The van der Waals surface area contributed by atoms with E-state index in [2.05, 4.69) is 100 Å². The summed E-state index contributed by atoms with van der Waals surface area (Å²) in [5.74, 6) is 0.808. The van der Waals surface area contributed by atoms with Crippen LogP contribution in [0, 0.1) is 0 Å². The quantitative estimate of drug-likeness (QED) is 0.371. The molecule has 5 rings (SSSR count). The Bertz CT molecular complexity index is 1140. The first kappa shape index (κ1) is 18.9. The number of tetrazole rings is 1. The topological polar surface area (TPSA) is 43.6 Å². The van der Waals surface area contributed by atoms with Crippen LogP contribution in [0.25, 0.3) is 0 Å². The normalized spacial score (nSPS) is 11.4. The molecule has 0 unspecified atom stereocenters. The van der Waals surface area contributed by atoms with Gasteiger partial charge in [-0.3, -0.25) is 0 Å². The minimum atomic E-state index is -0.697. The van der Waals surface area contributed by atoms with Crippen LogP contribution in [0.15, 0.2) is 121 Å².